The number of carbonyl (C=O) groups is 2. The molecule has 1 aromatic heterocycles. The maximum absolute atomic E-state index is 13.3. The molecule has 9 nitrogen and oxygen atoms in total. The molecular weight excluding hydrogens is 424 g/mol. The third-order valence-corrected chi connectivity index (χ3v) is 7.51. The van der Waals surface area contributed by atoms with Gasteiger partial charge >= 0.3 is 0 Å². The minimum Gasteiger partial charge on any atom is -0.508 e. The van der Waals surface area contributed by atoms with Gasteiger partial charge in [0.1, 0.15) is 17.1 Å². The first kappa shape index (κ1) is 21.7. The molecule has 2 aromatic rings. The number of fused-ring (bicyclic) bond motifs is 4. The predicted octanol–water partition coefficient (Wildman–Crippen LogP) is 1.61. The van der Waals surface area contributed by atoms with Crippen LogP contribution in [0.25, 0.3) is 11.3 Å². The van der Waals surface area contributed by atoms with E-state index in [4.69, 9.17) is 0 Å². The van der Waals surface area contributed by atoms with Crippen LogP contribution >= 0.6 is 0 Å². The molecule has 0 unspecified atom stereocenters. The molecule has 0 fully saturated rings. The highest BCUT2D eigenvalue weighted by Gasteiger charge is 2.61. The lowest BCUT2D eigenvalue weighted by Gasteiger charge is -2.50. The van der Waals surface area contributed by atoms with E-state index in [-0.39, 0.29) is 22.9 Å². The van der Waals surface area contributed by atoms with Crippen molar-refractivity contribution in [2.45, 2.75) is 37.3 Å². The van der Waals surface area contributed by atoms with Crippen molar-refractivity contribution < 1.29 is 24.9 Å². The minimum atomic E-state index is -1.97. The van der Waals surface area contributed by atoms with Crippen LogP contribution in [0.3, 0.4) is 0 Å². The summed E-state index contributed by atoms with van der Waals surface area (Å²) in [4.78, 5) is 29.3. The lowest BCUT2D eigenvalue weighted by atomic mass is 9.59. The van der Waals surface area contributed by atoms with Gasteiger partial charge in [-0.3, -0.25) is 19.6 Å². The van der Waals surface area contributed by atoms with Crippen molar-refractivity contribution in [3.05, 3.63) is 40.3 Å². The van der Waals surface area contributed by atoms with Gasteiger partial charge in [-0.2, -0.15) is 5.10 Å². The number of ketones is 2. The van der Waals surface area contributed by atoms with Gasteiger partial charge in [-0.1, -0.05) is 0 Å². The highest BCUT2D eigenvalue weighted by Crippen LogP contribution is 2.58. The normalized spacial score (nSPS) is 27.8. The Hall–Kier alpha value is -3.17. The zero-order valence-electron chi connectivity index (χ0n) is 19.3. The Balaban J connectivity index is 1.81. The van der Waals surface area contributed by atoms with E-state index in [0.29, 0.717) is 29.7 Å². The minimum absolute atomic E-state index is 0.0889. The second-order valence-corrected chi connectivity index (χ2v) is 9.77. The highest BCUT2D eigenvalue weighted by atomic mass is 16.3. The molecule has 0 spiro atoms. The first-order chi connectivity index (χ1) is 15.5. The Bertz CT molecular complexity index is 1240. The van der Waals surface area contributed by atoms with Gasteiger partial charge in [0.15, 0.2) is 17.2 Å². The van der Waals surface area contributed by atoms with Gasteiger partial charge < -0.3 is 20.2 Å². The molecule has 0 bridgehead atoms. The number of rotatable bonds is 3. The van der Waals surface area contributed by atoms with Gasteiger partial charge in [0.25, 0.3) is 0 Å². The first-order valence-corrected chi connectivity index (χ1v) is 11.0. The quantitative estimate of drug-likeness (QED) is 0.517. The Labute approximate surface area is 191 Å². The van der Waals surface area contributed by atoms with Crippen LogP contribution in [0.15, 0.2) is 23.5 Å². The molecular formula is C24H28N4O5. The first-order valence-electron chi connectivity index (χ1n) is 11.0. The summed E-state index contributed by atoms with van der Waals surface area (Å²) >= 11 is 0. The number of carbonyl (C=O) groups excluding carboxylic acids is 2. The van der Waals surface area contributed by atoms with Crippen molar-refractivity contribution >= 4 is 17.3 Å². The predicted molar refractivity (Wildman–Crippen MR) is 121 cm³/mol. The van der Waals surface area contributed by atoms with Crippen molar-refractivity contribution in [1.29, 1.82) is 0 Å². The van der Waals surface area contributed by atoms with Crippen LogP contribution in [0.5, 0.6) is 5.75 Å². The van der Waals surface area contributed by atoms with Gasteiger partial charge in [0.2, 0.25) is 0 Å². The molecule has 3 aliphatic carbocycles. The monoisotopic (exact) mass is 452 g/mol. The smallest absolute Gasteiger partial charge is 0.187 e. The summed E-state index contributed by atoms with van der Waals surface area (Å²) in [5.74, 6) is -2.38. The fraction of sp³-hybridized carbons (Fsp3) is 0.458. The summed E-state index contributed by atoms with van der Waals surface area (Å²) in [6.07, 6.45) is 0.990. The number of phenols is 1. The molecule has 174 valence electrons. The number of nitrogens with one attached hydrogen (secondary N) is 1. The van der Waals surface area contributed by atoms with Crippen molar-refractivity contribution in [3.63, 3.8) is 0 Å². The van der Waals surface area contributed by atoms with E-state index < -0.39 is 34.9 Å². The van der Waals surface area contributed by atoms with Gasteiger partial charge in [-0.25, -0.2) is 0 Å². The van der Waals surface area contributed by atoms with E-state index in [0.717, 1.165) is 11.3 Å². The second kappa shape index (κ2) is 6.91. The SMILES string of the molecule is CC(=O)C1=C(O)[C@@]2(O)c3[nH]nc4c3[C@@H](Cc3c(N(C)C)ccc(O)c3-4)C[C@H]2[C@H](N(C)C)C1=O. The number of aliphatic hydroxyl groups excluding tert-OH is 1. The number of aliphatic hydroxyl groups is 2. The van der Waals surface area contributed by atoms with Crippen LogP contribution in [0.2, 0.25) is 0 Å². The molecule has 0 saturated heterocycles. The number of benzene rings is 1. The fourth-order valence-electron chi connectivity index (χ4n) is 6.18. The van der Waals surface area contributed by atoms with Crippen LogP contribution in [-0.2, 0) is 21.6 Å². The molecule has 0 amide bonds. The summed E-state index contributed by atoms with van der Waals surface area (Å²) in [6, 6.07) is 2.71. The van der Waals surface area contributed by atoms with Crippen molar-refractivity contribution in [2.75, 3.05) is 33.1 Å². The Morgan fingerprint density at radius 3 is 2.52 bits per heavy atom. The second-order valence-electron chi connectivity index (χ2n) is 9.77. The number of anilines is 1. The molecule has 1 aromatic carbocycles. The highest BCUT2D eigenvalue weighted by molar-refractivity contribution is 6.22. The van der Waals surface area contributed by atoms with Crippen LogP contribution in [0.1, 0.15) is 36.1 Å². The summed E-state index contributed by atoms with van der Waals surface area (Å²) in [7, 11) is 7.34. The largest absolute Gasteiger partial charge is 0.508 e. The van der Waals surface area contributed by atoms with E-state index in [2.05, 4.69) is 10.2 Å². The number of Topliss-reactive ketones (excluding diaryl/α,β-unsaturated/α-hetero) is 2. The molecule has 4 atom stereocenters. The molecule has 9 heteroatoms. The van der Waals surface area contributed by atoms with E-state index in [1.807, 2.05) is 25.1 Å². The standard InChI is InChI=1S/C24H28N4O5/c1-10(29)16-21(31)20(28(4)5)13-9-11-8-12-14(27(2)3)6-7-15(30)18(12)19-17(11)22(26-25-19)24(13,33)23(16)32/h6-7,11,13,20,30,32-33H,8-9H2,1-5H3,(H,25,26)/t11-,13-,20-,24-/m0/s1. The zero-order valence-corrected chi connectivity index (χ0v) is 19.3. The zero-order chi connectivity index (χ0) is 24.0. The molecule has 3 aliphatic rings. The summed E-state index contributed by atoms with van der Waals surface area (Å²) in [5.41, 5.74) is 1.71. The van der Waals surface area contributed by atoms with Crippen LogP contribution in [0.4, 0.5) is 5.69 Å². The van der Waals surface area contributed by atoms with Crippen LogP contribution in [-0.4, -0.2) is 76.2 Å². The number of H-pyrrole nitrogens is 1. The average Bonchev–Trinajstić information content (AvgIpc) is 3.17. The van der Waals surface area contributed by atoms with E-state index >= 15 is 0 Å². The fourth-order valence-corrected chi connectivity index (χ4v) is 6.18. The molecule has 1 heterocycles. The number of phenolic OH excluding ortho intramolecular Hbond substituents is 1. The Morgan fingerprint density at radius 1 is 1.21 bits per heavy atom. The van der Waals surface area contributed by atoms with Gasteiger partial charge in [-0.15, -0.1) is 0 Å². The molecule has 0 aliphatic heterocycles. The topological polar surface area (TPSA) is 130 Å². The average molecular weight is 453 g/mol. The van der Waals surface area contributed by atoms with Gasteiger partial charge in [0.05, 0.1) is 17.4 Å². The third kappa shape index (κ3) is 2.63. The van der Waals surface area contributed by atoms with Crippen LogP contribution in [0, 0.1) is 5.92 Å². The lowest BCUT2D eigenvalue weighted by molar-refractivity contribution is -0.138. The number of hydrogen-bond acceptors (Lipinski definition) is 8. The van der Waals surface area contributed by atoms with E-state index in [1.165, 1.54) is 6.92 Å². The lowest BCUT2D eigenvalue weighted by Crippen LogP contribution is -2.59. The number of aromatic amines is 1. The Kier molecular flexibility index (Phi) is 4.54. The Morgan fingerprint density at radius 2 is 1.91 bits per heavy atom. The number of hydrogen-bond donors (Lipinski definition) is 4. The van der Waals surface area contributed by atoms with Crippen molar-refractivity contribution in [3.8, 4) is 17.0 Å². The summed E-state index contributed by atoms with van der Waals surface area (Å²) < 4.78 is 0. The van der Waals surface area contributed by atoms with E-state index in [1.54, 1.807) is 25.1 Å². The summed E-state index contributed by atoms with van der Waals surface area (Å²) in [5, 5.41) is 41.2. The molecule has 4 N–H and O–H groups in total. The van der Waals surface area contributed by atoms with Crippen molar-refractivity contribution in [2.24, 2.45) is 5.92 Å². The van der Waals surface area contributed by atoms with Crippen molar-refractivity contribution in [1.82, 2.24) is 15.1 Å². The number of aromatic hydroxyl groups is 1. The van der Waals surface area contributed by atoms with Gasteiger partial charge in [0, 0.05) is 36.8 Å². The summed E-state index contributed by atoms with van der Waals surface area (Å²) in [6.45, 7) is 1.21. The third-order valence-electron chi connectivity index (χ3n) is 7.51. The van der Waals surface area contributed by atoms with E-state index in [9.17, 15) is 24.9 Å². The molecule has 5 rings (SSSR count). The number of likely N-dealkylation sites (N-methyl/N-ethyl adjacent to an activating group) is 1. The maximum atomic E-state index is 13.3. The molecule has 0 radical (unpaired) electrons. The van der Waals surface area contributed by atoms with Gasteiger partial charge in [-0.05, 0) is 57.5 Å². The van der Waals surface area contributed by atoms with Crippen LogP contribution < -0.4 is 4.90 Å². The maximum Gasteiger partial charge on any atom is 0.187 e. The molecule has 0 saturated carbocycles. The molecule has 33 heavy (non-hydrogen) atoms. The number of nitrogens with zero attached hydrogens (tertiary/aromatic N) is 3. The number of aromatic nitrogens is 2.